The highest BCUT2D eigenvalue weighted by molar-refractivity contribution is 9.10. The molecular formula is C6H4BrO. The molecule has 0 spiro atoms. The Bertz CT molecular complexity index is 147. The lowest BCUT2D eigenvalue weighted by atomic mass is 10.3. The van der Waals surface area contributed by atoms with Crippen LogP contribution >= 0.6 is 15.9 Å². The van der Waals surface area contributed by atoms with Gasteiger partial charge in [-0.05, 0) is 18.2 Å². The van der Waals surface area contributed by atoms with Crippen LogP contribution in [0.2, 0.25) is 0 Å². The molecule has 0 aliphatic carbocycles. The summed E-state index contributed by atoms with van der Waals surface area (Å²) in [4.78, 5) is 0. The summed E-state index contributed by atoms with van der Waals surface area (Å²) >= 11 is 3.20. The van der Waals surface area contributed by atoms with Gasteiger partial charge in [0, 0.05) is 10.5 Å². The van der Waals surface area contributed by atoms with Gasteiger partial charge in [-0.25, -0.2) is 0 Å². The van der Waals surface area contributed by atoms with Crippen molar-refractivity contribution in [3.05, 3.63) is 28.7 Å². The van der Waals surface area contributed by atoms with Crippen molar-refractivity contribution in [1.82, 2.24) is 0 Å². The standard InChI is InChI=1S/C6H4BrO/c7-5-1-3-6(8)4-2-5/h1-3,8H. The smallest absolute Gasteiger partial charge is 0.123 e. The zero-order chi connectivity index (χ0) is 5.98. The van der Waals surface area contributed by atoms with Crippen LogP contribution in [-0.2, 0) is 0 Å². The summed E-state index contributed by atoms with van der Waals surface area (Å²) in [6.07, 6.45) is 0. The van der Waals surface area contributed by atoms with Gasteiger partial charge in [0.1, 0.15) is 5.75 Å². The zero-order valence-corrected chi connectivity index (χ0v) is 5.64. The van der Waals surface area contributed by atoms with Gasteiger partial charge in [-0.15, -0.1) is 0 Å². The number of halogens is 1. The van der Waals surface area contributed by atoms with Crippen LogP contribution in [0.15, 0.2) is 22.7 Å². The molecule has 1 radical (unpaired) electrons. The Balaban J connectivity index is 3.03. The van der Waals surface area contributed by atoms with E-state index in [-0.39, 0.29) is 5.75 Å². The SMILES string of the molecule is Oc1[c]cc(Br)cc1. The van der Waals surface area contributed by atoms with E-state index in [2.05, 4.69) is 22.0 Å². The summed E-state index contributed by atoms with van der Waals surface area (Å²) < 4.78 is 0.926. The molecule has 2 heteroatoms. The van der Waals surface area contributed by atoms with Crippen LogP contribution in [0.1, 0.15) is 0 Å². The third-order valence-electron chi connectivity index (χ3n) is 0.758. The fourth-order valence-electron chi connectivity index (χ4n) is 0.398. The first kappa shape index (κ1) is 5.63. The Kier molecular flexibility index (Phi) is 1.53. The Morgan fingerprint density at radius 3 is 2.62 bits per heavy atom. The van der Waals surface area contributed by atoms with E-state index < -0.39 is 0 Å². The number of rotatable bonds is 0. The van der Waals surface area contributed by atoms with Crippen LogP contribution in [0, 0.1) is 6.07 Å². The molecule has 1 rings (SSSR count). The van der Waals surface area contributed by atoms with E-state index in [1.807, 2.05) is 0 Å². The molecule has 1 aromatic carbocycles. The molecular weight excluding hydrogens is 168 g/mol. The first-order chi connectivity index (χ1) is 3.79. The lowest BCUT2D eigenvalue weighted by Gasteiger charge is -1.87. The van der Waals surface area contributed by atoms with E-state index in [0.717, 1.165) is 4.47 Å². The average Bonchev–Trinajstić information content (AvgIpc) is 1.77. The monoisotopic (exact) mass is 171 g/mol. The summed E-state index contributed by atoms with van der Waals surface area (Å²) in [5, 5.41) is 8.68. The molecule has 1 N–H and O–H groups in total. The predicted octanol–water partition coefficient (Wildman–Crippen LogP) is 1.95. The number of hydrogen-bond acceptors (Lipinski definition) is 1. The fourth-order valence-corrected chi connectivity index (χ4v) is 0.644. The van der Waals surface area contributed by atoms with Gasteiger partial charge in [-0.1, -0.05) is 15.9 Å². The quantitative estimate of drug-likeness (QED) is 0.634. The van der Waals surface area contributed by atoms with Gasteiger partial charge in [0.25, 0.3) is 0 Å². The topological polar surface area (TPSA) is 20.2 Å². The van der Waals surface area contributed by atoms with Gasteiger partial charge in [0.2, 0.25) is 0 Å². The van der Waals surface area contributed by atoms with Crippen molar-refractivity contribution in [3.63, 3.8) is 0 Å². The molecule has 0 aromatic heterocycles. The molecule has 0 unspecified atom stereocenters. The molecule has 8 heavy (non-hydrogen) atoms. The van der Waals surface area contributed by atoms with E-state index in [0.29, 0.717) is 0 Å². The van der Waals surface area contributed by atoms with Gasteiger partial charge >= 0.3 is 0 Å². The van der Waals surface area contributed by atoms with Crippen molar-refractivity contribution >= 4 is 15.9 Å². The second-order valence-corrected chi connectivity index (χ2v) is 2.31. The summed E-state index contributed by atoms with van der Waals surface area (Å²) in [7, 11) is 0. The zero-order valence-electron chi connectivity index (χ0n) is 4.06. The van der Waals surface area contributed by atoms with Crippen LogP contribution in [0.4, 0.5) is 0 Å². The molecule has 0 aliphatic rings. The Hall–Kier alpha value is -0.500. The second-order valence-electron chi connectivity index (χ2n) is 1.39. The highest BCUT2D eigenvalue weighted by atomic mass is 79.9. The van der Waals surface area contributed by atoms with Crippen molar-refractivity contribution in [2.45, 2.75) is 0 Å². The van der Waals surface area contributed by atoms with Crippen molar-refractivity contribution in [2.24, 2.45) is 0 Å². The first-order valence-electron chi connectivity index (χ1n) is 2.15. The molecule has 0 amide bonds. The predicted molar refractivity (Wildman–Crippen MR) is 34.6 cm³/mol. The number of phenolic OH excluding ortho intramolecular Hbond substituents is 1. The van der Waals surface area contributed by atoms with Crippen LogP contribution < -0.4 is 0 Å². The van der Waals surface area contributed by atoms with Gasteiger partial charge in [-0.2, -0.15) is 0 Å². The van der Waals surface area contributed by atoms with Gasteiger partial charge < -0.3 is 5.11 Å². The van der Waals surface area contributed by atoms with Gasteiger partial charge in [0.15, 0.2) is 0 Å². The van der Waals surface area contributed by atoms with Crippen molar-refractivity contribution < 1.29 is 5.11 Å². The number of benzene rings is 1. The third kappa shape index (κ3) is 1.23. The maximum Gasteiger partial charge on any atom is 0.123 e. The van der Waals surface area contributed by atoms with Crippen LogP contribution in [0.25, 0.3) is 0 Å². The summed E-state index contributed by atoms with van der Waals surface area (Å²) in [6, 6.07) is 7.60. The summed E-state index contributed by atoms with van der Waals surface area (Å²) in [5.41, 5.74) is 0. The van der Waals surface area contributed by atoms with Crippen molar-refractivity contribution in [3.8, 4) is 5.75 Å². The third-order valence-corrected chi connectivity index (χ3v) is 1.25. The number of phenols is 1. The molecule has 0 aliphatic heterocycles. The maximum absolute atomic E-state index is 8.68. The number of hydrogen-bond donors (Lipinski definition) is 1. The molecule has 0 fully saturated rings. The summed E-state index contributed by atoms with van der Waals surface area (Å²) in [6.45, 7) is 0. The maximum atomic E-state index is 8.68. The summed E-state index contributed by atoms with van der Waals surface area (Å²) in [5.74, 6) is 0.174. The Morgan fingerprint density at radius 2 is 2.25 bits per heavy atom. The van der Waals surface area contributed by atoms with E-state index in [4.69, 9.17) is 5.11 Å². The highest BCUT2D eigenvalue weighted by Gasteiger charge is 1.84. The molecule has 1 aromatic rings. The van der Waals surface area contributed by atoms with E-state index in [1.54, 1.807) is 18.2 Å². The van der Waals surface area contributed by atoms with Crippen LogP contribution in [-0.4, -0.2) is 5.11 Å². The van der Waals surface area contributed by atoms with E-state index in [9.17, 15) is 0 Å². The minimum atomic E-state index is 0.174. The Morgan fingerprint density at radius 1 is 1.50 bits per heavy atom. The second kappa shape index (κ2) is 2.18. The molecule has 0 saturated heterocycles. The Labute approximate surface area is 56.1 Å². The van der Waals surface area contributed by atoms with Gasteiger partial charge in [-0.3, -0.25) is 0 Å². The fraction of sp³-hybridized carbons (Fsp3) is 0. The van der Waals surface area contributed by atoms with Crippen molar-refractivity contribution in [2.75, 3.05) is 0 Å². The molecule has 1 nitrogen and oxygen atoms in total. The van der Waals surface area contributed by atoms with E-state index >= 15 is 0 Å². The minimum absolute atomic E-state index is 0.174. The van der Waals surface area contributed by atoms with Crippen LogP contribution in [0.5, 0.6) is 5.75 Å². The van der Waals surface area contributed by atoms with Gasteiger partial charge in [0.05, 0.1) is 0 Å². The highest BCUT2D eigenvalue weighted by Crippen LogP contribution is 2.12. The lowest BCUT2D eigenvalue weighted by Crippen LogP contribution is -1.62. The van der Waals surface area contributed by atoms with Crippen LogP contribution in [0.3, 0.4) is 0 Å². The minimum Gasteiger partial charge on any atom is -0.507 e. The average molecular weight is 172 g/mol. The largest absolute Gasteiger partial charge is 0.507 e. The molecule has 0 bridgehead atoms. The van der Waals surface area contributed by atoms with E-state index in [1.165, 1.54) is 0 Å². The lowest BCUT2D eigenvalue weighted by molar-refractivity contribution is 0.474. The molecule has 0 heterocycles. The normalized spacial score (nSPS) is 9.12. The molecule has 41 valence electrons. The number of aromatic hydroxyl groups is 1. The van der Waals surface area contributed by atoms with Crippen molar-refractivity contribution in [1.29, 1.82) is 0 Å². The first-order valence-corrected chi connectivity index (χ1v) is 2.94. The molecule has 0 saturated carbocycles. The molecule has 0 atom stereocenters.